The van der Waals surface area contributed by atoms with Crippen molar-refractivity contribution in [3.8, 4) is 5.75 Å². The molecule has 166 valence electrons. The Morgan fingerprint density at radius 2 is 1.61 bits per heavy atom. The first kappa shape index (κ1) is 24.0. The lowest BCUT2D eigenvalue weighted by Gasteiger charge is -2.17. The largest absolute Gasteiger partial charge is 0.508 e. The second-order valence-electron chi connectivity index (χ2n) is 6.85. The first-order valence-corrected chi connectivity index (χ1v) is 11.0. The third-order valence-electron chi connectivity index (χ3n) is 4.40. The molecular formula is C21H25N3O6S. The van der Waals surface area contributed by atoms with E-state index in [4.69, 9.17) is 0 Å². The number of hydrogen-bond acceptors (Lipinski definition) is 6. The fourth-order valence-electron chi connectivity index (χ4n) is 2.65. The van der Waals surface area contributed by atoms with Crippen LogP contribution in [0.15, 0.2) is 53.4 Å². The summed E-state index contributed by atoms with van der Waals surface area (Å²) in [6, 6.07) is 11.5. The molecule has 0 aromatic heterocycles. The first-order valence-electron chi connectivity index (χ1n) is 9.52. The quantitative estimate of drug-likeness (QED) is 0.370. The van der Waals surface area contributed by atoms with Gasteiger partial charge in [-0.15, -0.1) is 0 Å². The van der Waals surface area contributed by atoms with Crippen LogP contribution in [-0.2, 0) is 14.8 Å². The zero-order valence-corrected chi connectivity index (χ0v) is 18.1. The van der Waals surface area contributed by atoms with Crippen LogP contribution in [0.3, 0.4) is 0 Å². The lowest BCUT2D eigenvalue weighted by atomic mass is 10.2. The second-order valence-corrected chi connectivity index (χ2v) is 8.90. The van der Waals surface area contributed by atoms with E-state index in [1.807, 2.05) is 0 Å². The highest BCUT2D eigenvalue weighted by molar-refractivity contribution is 7.89. The molecule has 3 N–H and O–H groups in total. The molecule has 0 aliphatic heterocycles. The average molecular weight is 448 g/mol. The predicted molar refractivity (Wildman–Crippen MR) is 114 cm³/mol. The Bertz CT molecular complexity index is 1050. The van der Waals surface area contributed by atoms with Crippen LogP contribution in [0.4, 0.5) is 0 Å². The molecule has 2 amide bonds. The normalized spacial score (nSPS) is 11.2. The maximum Gasteiger partial charge on any atom is 0.251 e. The van der Waals surface area contributed by atoms with Crippen LogP contribution in [0.25, 0.3) is 0 Å². The molecule has 0 bridgehead atoms. The number of phenolic OH excluding ortho intramolecular Hbond substituents is 1. The van der Waals surface area contributed by atoms with Gasteiger partial charge in [0.25, 0.3) is 5.91 Å². The summed E-state index contributed by atoms with van der Waals surface area (Å²) in [6.45, 7) is 1.57. The van der Waals surface area contributed by atoms with Crippen molar-refractivity contribution in [1.29, 1.82) is 0 Å². The monoisotopic (exact) mass is 447 g/mol. The Morgan fingerprint density at radius 1 is 0.968 bits per heavy atom. The van der Waals surface area contributed by atoms with Crippen LogP contribution in [0.1, 0.15) is 34.1 Å². The molecule has 0 aliphatic carbocycles. The van der Waals surface area contributed by atoms with Gasteiger partial charge in [0.05, 0.1) is 11.4 Å². The first-order chi connectivity index (χ1) is 14.6. The van der Waals surface area contributed by atoms with E-state index in [1.54, 1.807) is 12.1 Å². The zero-order valence-electron chi connectivity index (χ0n) is 17.3. The number of phenols is 1. The molecule has 0 fully saturated rings. The predicted octanol–water partition coefficient (Wildman–Crippen LogP) is 1.15. The van der Waals surface area contributed by atoms with E-state index in [2.05, 4.69) is 10.6 Å². The number of hydrogen-bond donors (Lipinski definition) is 3. The molecule has 2 aromatic rings. The number of ketones is 1. The Kier molecular flexibility index (Phi) is 8.29. The molecule has 2 rings (SSSR count). The fraction of sp³-hybridized carbons (Fsp3) is 0.286. The summed E-state index contributed by atoms with van der Waals surface area (Å²) in [7, 11) is -2.58. The number of nitrogens with zero attached hydrogens (tertiary/aromatic N) is 1. The van der Waals surface area contributed by atoms with Crippen molar-refractivity contribution in [2.45, 2.75) is 18.2 Å². The highest BCUT2D eigenvalue weighted by Gasteiger charge is 2.23. The molecule has 0 heterocycles. The minimum absolute atomic E-state index is 0.00576. The molecule has 31 heavy (non-hydrogen) atoms. The maximum atomic E-state index is 12.6. The summed E-state index contributed by atoms with van der Waals surface area (Å²) in [4.78, 5) is 35.3. The second kappa shape index (κ2) is 10.7. The Hall–Kier alpha value is -3.24. The minimum atomic E-state index is -3.87. The van der Waals surface area contributed by atoms with Gasteiger partial charge in [-0.2, -0.15) is 4.31 Å². The van der Waals surface area contributed by atoms with Gasteiger partial charge in [0, 0.05) is 31.3 Å². The maximum absolute atomic E-state index is 12.6. The zero-order chi connectivity index (χ0) is 23.0. The van der Waals surface area contributed by atoms with E-state index >= 15 is 0 Å². The molecule has 10 heteroatoms. The molecule has 0 aliphatic rings. The van der Waals surface area contributed by atoms with Crippen molar-refractivity contribution < 1.29 is 27.9 Å². The number of nitrogens with one attached hydrogen (secondary N) is 2. The summed E-state index contributed by atoms with van der Waals surface area (Å²) in [5, 5.41) is 14.7. The third kappa shape index (κ3) is 6.90. The van der Waals surface area contributed by atoms with E-state index in [1.165, 1.54) is 50.4 Å². The van der Waals surface area contributed by atoms with Crippen molar-refractivity contribution in [2.75, 3.05) is 26.7 Å². The van der Waals surface area contributed by atoms with Gasteiger partial charge in [-0.25, -0.2) is 8.42 Å². The van der Waals surface area contributed by atoms with Crippen LogP contribution in [0.2, 0.25) is 0 Å². The Morgan fingerprint density at radius 3 is 2.23 bits per heavy atom. The number of benzene rings is 2. The van der Waals surface area contributed by atoms with Crippen LogP contribution >= 0.6 is 0 Å². The van der Waals surface area contributed by atoms with Gasteiger partial charge in [0.1, 0.15) is 5.75 Å². The van der Waals surface area contributed by atoms with Crippen molar-refractivity contribution >= 4 is 27.6 Å². The number of carbonyl (C=O) groups excluding carboxylic acids is 3. The summed E-state index contributed by atoms with van der Waals surface area (Å²) in [5.41, 5.74) is 0.725. The van der Waals surface area contributed by atoms with Crippen LogP contribution in [0, 0.1) is 0 Å². The number of aromatic hydroxyl groups is 1. The van der Waals surface area contributed by atoms with E-state index in [0.29, 0.717) is 24.1 Å². The number of rotatable bonds is 10. The van der Waals surface area contributed by atoms with Gasteiger partial charge in [-0.05, 0) is 43.7 Å². The molecule has 0 radical (unpaired) electrons. The Balaban J connectivity index is 1.76. The highest BCUT2D eigenvalue weighted by atomic mass is 32.2. The molecule has 2 aromatic carbocycles. The molecule has 0 saturated carbocycles. The fourth-order valence-corrected chi connectivity index (χ4v) is 3.78. The lowest BCUT2D eigenvalue weighted by Crippen LogP contribution is -2.39. The highest BCUT2D eigenvalue weighted by Crippen LogP contribution is 2.15. The number of sulfonamides is 1. The van der Waals surface area contributed by atoms with Gasteiger partial charge < -0.3 is 15.7 Å². The smallest absolute Gasteiger partial charge is 0.251 e. The molecule has 0 atom stereocenters. The van der Waals surface area contributed by atoms with Crippen LogP contribution < -0.4 is 10.6 Å². The topological polar surface area (TPSA) is 133 Å². The van der Waals surface area contributed by atoms with Crippen LogP contribution in [-0.4, -0.2) is 62.1 Å². The SMILES string of the molecule is CC(=O)c1ccc(S(=O)(=O)N(C)CC(=O)NCCCNC(=O)c2cccc(O)c2)cc1. The van der Waals surface area contributed by atoms with Crippen LogP contribution in [0.5, 0.6) is 5.75 Å². The van der Waals surface area contributed by atoms with Crippen molar-refractivity contribution in [3.05, 3.63) is 59.7 Å². The van der Waals surface area contributed by atoms with E-state index in [9.17, 15) is 27.9 Å². The Labute approximate surface area is 181 Å². The van der Waals surface area contributed by atoms with Gasteiger partial charge in [-0.3, -0.25) is 14.4 Å². The standard InChI is InChI=1S/C21H25N3O6S/c1-15(25)16-7-9-19(10-8-16)31(29,30)24(2)14-20(27)22-11-4-12-23-21(28)17-5-3-6-18(26)13-17/h3,5-10,13,26H,4,11-12,14H2,1-2H3,(H,22,27)(H,23,28). The number of carbonyl (C=O) groups is 3. The van der Waals surface area contributed by atoms with Crippen molar-refractivity contribution in [2.24, 2.45) is 0 Å². The summed E-state index contributed by atoms with van der Waals surface area (Å²) >= 11 is 0. The number of Topliss-reactive ketones (excluding diaryl/α,β-unsaturated/α-hetero) is 1. The molecule has 0 saturated heterocycles. The average Bonchev–Trinajstić information content (AvgIpc) is 2.73. The van der Waals surface area contributed by atoms with Gasteiger partial charge in [0.15, 0.2) is 5.78 Å². The molecule has 9 nitrogen and oxygen atoms in total. The van der Waals surface area contributed by atoms with E-state index < -0.39 is 15.9 Å². The van der Waals surface area contributed by atoms with Gasteiger partial charge >= 0.3 is 0 Å². The molecular weight excluding hydrogens is 422 g/mol. The lowest BCUT2D eigenvalue weighted by molar-refractivity contribution is -0.121. The van der Waals surface area contributed by atoms with E-state index in [-0.39, 0.29) is 35.4 Å². The summed E-state index contributed by atoms with van der Waals surface area (Å²) in [6.07, 6.45) is 0.444. The number of amides is 2. The minimum Gasteiger partial charge on any atom is -0.508 e. The molecule has 0 unspecified atom stereocenters. The third-order valence-corrected chi connectivity index (χ3v) is 6.22. The van der Waals surface area contributed by atoms with Gasteiger partial charge in [0.2, 0.25) is 15.9 Å². The van der Waals surface area contributed by atoms with Crippen molar-refractivity contribution in [1.82, 2.24) is 14.9 Å². The van der Waals surface area contributed by atoms with E-state index in [0.717, 1.165) is 4.31 Å². The molecule has 0 spiro atoms. The summed E-state index contributed by atoms with van der Waals surface area (Å²) in [5.74, 6) is -1.00. The number of likely N-dealkylation sites (N-methyl/N-ethyl adjacent to an activating group) is 1. The van der Waals surface area contributed by atoms with Gasteiger partial charge in [-0.1, -0.05) is 18.2 Å². The van der Waals surface area contributed by atoms with Crippen molar-refractivity contribution in [3.63, 3.8) is 0 Å². The summed E-state index contributed by atoms with van der Waals surface area (Å²) < 4.78 is 26.0.